The van der Waals surface area contributed by atoms with Crippen LogP contribution in [0.25, 0.3) is 0 Å². The van der Waals surface area contributed by atoms with Gasteiger partial charge in [-0.15, -0.1) is 0 Å². The number of hydrogen-bond acceptors (Lipinski definition) is 4. The maximum Gasteiger partial charge on any atom is 0.220 e. The second-order valence-corrected chi connectivity index (χ2v) is 5.16. The molecule has 2 rings (SSSR count). The number of hydrogen-bond donors (Lipinski definition) is 1. The SMILES string of the molecule is COc1ccccc1CCC(=O)NCCOc1ccccc1OC. The molecular weight excluding hydrogens is 306 g/mol. The van der Waals surface area contributed by atoms with Crippen LogP contribution in [0.15, 0.2) is 48.5 Å². The van der Waals surface area contributed by atoms with Crippen LogP contribution in [0.4, 0.5) is 0 Å². The Morgan fingerprint density at radius 2 is 1.54 bits per heavy atom. The van der Waals surface area contributed by atoms with Crippen LogP contribution in [-0.4, -0.2) is 33.3 Å². The highest BCUT2D eigenvalue weighted by Crippen LogP contribution is 2.25. The van der Waals surface area contributed by atoms with Crippen molar-refractivity contribution in [2.45, 2.75) is 12.8 Å². The quantitative estimate of drug-likeness (QED) is 0.719. The van der Waals surface area contributed by atoms with Crippen LogP contribution in [0.1, 0.15) is 12.0 Å². The molecule has 0 aromatic heterocycles. The van der Waals surface area contributed by atoms with Gasteiger partial charge in [0.05, 0.1) is 20.8 Å². The number of carbonyl (C=O) groups is 1. The molecule has 5 heteroatoms. The minimum Gasteiger partial charge on any atom is -0.496 e. The van der Waals surface area contributed by atoms with Crippen molar-refractivity contribution in [3.8, 4) is 17.2 Å². The smallest absolute Gasteiger partial charge is 0.220 e. The van der Waals surface area contributed by atoms with Crippen molar-refractivity contribution >= 4 is 5.91 Å². The largest absolute Gasteiger partial charge is 0.496 e. The summed E-state index contributed by atoms with van der Waals surface area (Å²) in [7, 11) is 3.23. The summed E-state index contributed by atoms with van der Waals surface area (Å²) in [5.41, 5.74) is 1.03. The third-order valence-corrected chi connectivity index (χ3v) is 3.56. The van der Waals surface area contributed by atoms with E-state index < -0.39 is 0 Å². The Hall–Kier alpha value is -2.69. The predicted molar refractivity (Wildman–Crippen MR) is 92.8 cm³/mol. The average Bonchev–Trinajstić information content (AvgIpc) is 2.64. The molecule has 0 radical (unpaired) electrons. The molecule has 0 atom stereocenters. The summed E-state index contributed by atoms with van der Waals surface area (Å²) in [6, 6.07) is 15.2. The van der Waals surface area contributed by atoms with Gasteiger partial charge in [0.15, 0.2) is 11.5 Å². The summed E-state index contributed by atoms with van der Waals surface area (Å²) < 4.78 is 16.1. The van der Waals surface area contributed by atoms with E-state index in [-0.39, 0.29) is 5.91 Å². The summed E-state index contributed by atoms with van der Waals surface area (Å²) in [5.74, 6) is 2.15. The molecule has 0 aliphatic heterocycles. The zero-order valence-corrected chi connectivity index (χ0v) is 14.1. The Kier molecular flexibility index (Phi) is 6.95. The van der Waals surface area contributed by atoms with Crippen molar-refractivity contribution in [3.05, 3.63) is 54.1 Å². The van der Waals surface area contributed by atoms with E-state index in [1.807, 2.05) is 48.5 Å². The van der Waals surface area contributed by atoms with E-state index in [9.17, 15) is 4.79 Å². The van der Waals surface area contributed by atoms with Crippen LogP contribution >= 0.6 is 0 Å². The molecule has 1 N–H and O–H groups in total. The van der Waals surface area contributed by atoms with E-state index >= 15 is 0 Å². The number of nitrogens with one attached hydrogen (secondary N) is 1. The van der Waals surface area contributed by atoms with Crippen molar-refractivity contribution in [2.75, 3.05) is 27.4 Å². The zero-order chi connectivity index (χ0) is 17.2. The van der Waals surface area contributed by atoms with E-state index in [2.05, 4.69) is 5.32 Å². The van der Waals surface area contributed by atoms with E-state index in [0.29, 0.717) is 37.5 Å². The summed E-state index contributed by atoms with van der Waals surface area (Å²) in [4.78, 5) is 11.9. The number of benzene rings is 2. The molecule has 5 nitrogen and oxygen atoms in total. The van der Waals surface area contributed by atoms with Crippen LogP contribution in [-0.2, 0) is 11.2 Å². The molecule has 0 aliphatic carbocycles. The Balaban J connectivity index is 1.70. The van der Waals surface area contributed by atoms with Crippen LogP contribution in [0.3, 0.4) is 0 Å². The Bertz CT molecular complexity index is 657. The molecule has 0 unspecified atom stereocenters. The van der Waals surface area contributed by atoms with Crippen molar-refractivity contribution in [1.82, 2.24) is 5.32 Å². The van der Waals surface area contributed by atoms with Crippen LogP contribution in [0.2, 0.25) is 0 Å². The molecule has 24 heavy (non-hydrogen) atoms. The van der Waals surface area contributed by atoms with Gasteiger partial charge in [0.1, 0.15) is 12.4 Å². The predicted octanol–water partition coefficient (Wildman–Crippen LogP) is 2.83. The lowest BCUT2D eigenvalue weighted by Gasteiger charge is -2.11. The van der Waals surface area contributed by atoms with Crippen molar-refractivity contribution < 1.29 is 19.0 Å². The summed E-state index contributed by atoms with van der Waals surface area (Å²) in [6.07, 6.45) is 1.05. The van der Waals surface area contributed by atoms with E-state index in [1.54, 1.807) is 14.2 Å². The van der Waals surface area contributed by atoms with Crippen molar-refractivity contribution in [2.24, 2.45) is 0 Å². The summed E-state index contributed by atoms with van der Waals surface area (Å²) >= 11 is 0. The van der Waals surface area contributed by atoms with Gasteiger partial charge in [-0.25, -0.2) is 0 Å². The van der Waals surface area contributed by atoms with Gasteiger partial charge in [-0.2, -0.15) is 0 Å². The van der Waals surface area contributed by atoms with Gasteiger partial charge < -0.3 is 19.5 Å². The maximum atomic E-state index is 11.9. The Morgan fingerprint density at radius 1 is 0.917 bits per heavy atom. The molecule has 1 amide bonds. The molecule has 2 aromatic rings. The first-order chi connectivity index (χ1) is 11.7. The average molecular weight is 329 g/mol. The monoisotopic (exact) mass is 329 g/mol. The first-order valence-electron chi connectivity index (χ1n) is 7.89. The number of carbonyl (C=O) groups excluding carboxylic acids is 1. The third kappa shape index (κ3) is 5.19. The third-order valence-electron chi connectivity index (χ3n) is 3.56. The minimum absolute atomic E-state index is 0.00969. The van der Waals surface area contributed by atoms with E-state index in [4.69, 9.17) is 14.2 Å². The van der Waals surface area contributed by atoms with Gasteiger partial charge in [0.25, 0.3) is 0 Å². The van der Waals surface area contributed by atoms with Gasteiger partial charge in [0, 0.05) is 6.42 Å². The van der Waals surface area contributed by atoms with Crippen molar-refractivity contribution in [3.63, 3.8) is 0 Å². The second kappa shape index (κ2) is 9.45. The highest BCUT2D eigenvalue weighted by atomic mass is 16.5. The fraction of sp³-hybridized carbons (Fsp3) is 0.316. The highest BCUT2D eigenvalue weighted by molar-refractivity contribution is 5.76. The van der Waals surface area contributed by atoms with Gasteiger partial charge in [-0.3, -0.25) is 4.79 Å². The molecule has 0 saturated carbocycles. The first-order valence-corrected chi connectivity index (χ1v) is 7.89. The molecular formula is C19H23NO4. The Labute approximate surface area is 142 Å². The number of para-hydroxylation sites is 3. The van der Waals surface area contributed by atoms with Crippen LogP contribution < -0.4 is 19.5 Å². The topological polar surface area (TPSA) is 56.8 Å². The normalized spacial score (nSPS) is 10.1. The standard InChI is InChI=1S/C19H23NO4/c1-22-16-8-4-3-7-15(16)11-12-19(21)20-13-14-24-18-10-6-5-9-17(18)23-2/h3-10H,11-14H2,1-2H3,(H,20,21). The second-order valence-electron chi connectivity index (χ2n) is 5.16. The number of ether oxygens (including phenoxy) is 3. The Morgan fingerprint density at radius 3 is 2.25 bits per heavy atom. The minimum atomic E-state index is -0.00969. The zero-order valence-electron chi connectivity index (χ0n) is 14.1. The molecule has 0 aliphatic rings. The number of amides is 1. The lowest BCUT2D eigenvalue weighted by atomic mass is 10.1. The first kappa shape index (κ1) is 17.7. The molecule has 0 fully saturated rings. The summed E-state index contributed by atoms with van der Waals surface area (Å²) in [6.45, 7) is 0.837. The lowest BCUT2D eigenvalue weighted by molar-refractivity contribution is -0.121. The van der Waals surface area contributed by atoms with Gasteiger partial charge in [-0.1, -0.05) is 30.3 Å². The van der Waals surface area contributed by atoms with Crippen LogP contribution in [0, 0.1) is 0 Å². The van der Waals surface area contributed by atoms with Gasteiger partial charge in [-0.05, 0) is 30.2 Å². The van der Waals surface area contributed by atoms with E-state index in [1.165, 1.54) is 0 Å². The van der Waals surface area contributed by atoms with Gasteiger partial charge >= 0.3 is 0 Å². The molecule has 0 bridgehead atoms. The molecule has 0 heterocycles. The van der Waals surface area contributed by atoms with Gasteiger partial charge in [0.2, 0.25) is 5.91 Å². The van der Waals surface area contributed by atoms with Crippen LogP contribution in [0.5, 0.6) is 17.2 Å². The maximum absolute atomic E-state index is 11.9. The lowest BCUT2D eigenvalue weighted by Crippen LogP contribution is -2.28. The molecule has 128 valence electrons. The number of aryl methyl sites for hydroxylation is 1. The molecule has 0 spiro atoms. The summed E-state index contributed by atoms with van der Waals surface area (Å²) in [5, 5.41) is 2.85. The molecule has 2 aromatic carbocycles. The molecule has 0 saturated heterocycles. The van der Waals surface area contributed by atoms with Crippen molar-refractivity contribution in [1.29, 1.82) is 0 Å². The highest BCUT2D eigenvalue weighted by Gasteiger charge is 2.06. The fourth-order valence-corrected chi connectivity index (χ4v) is 2.34. The van der Waals surface area contributed by atoms with E-state index in [0.717, 1.165) is 11.3 Å². The number of rotatable bonds is 9. The number of methoxy groups -OCH3 is 2. The fourth-order valence-electron chi connectivity index (χ4n) is 2.34.